The lowest BCUT2D eigenvalue weighted by Gasteiger charge is -2.02. The fraction of sp³-hybridized carbons (Fsp3) is 0.667. The highest BCUT2D eigenvalue weighted by molar-refractivity contribution is 5.72. The lowest BCUT2D eigenvalue weighted by atomic mass is 10.2. The minimum Gasteiger partial charge on any atom is -0.483 e. The number of carboxylic acid groups (broad SMARTS) is 2. The molecule has 0 spiro atoms. The zero-order valence-corrected chi connectivity index (χ0v) is 7.35. The predicted octanol–water partition coefficient (Wildman–Crippen LogP) is -1.000. The normalized spacial score (nSPS) is 10.0. The molecule has 7 nitrogen and oxygen atoms in total. The van der Waals surface area contributed by atoms with Gasteiger partial charge in [0.05, 0.1) is 0 Å². The molecule has 7 heteroatoms. The van der Waals surface area contributed by atoms with Gasteiger partial charge in [-0.05, 0) is 19.4 Å². The Kier molecular flexibility index (Phi) is 18.4. The van der Waals surface area contributed by atoms with Crippen LogP contribution in [-0.2, 0) is 9.59 Å². The maximum Gasteiger partial charge on any atom is 0.320 e. The van der Waals surface area contributed by atoms with Gasteiger partial charge >= 0.3 is 5.97 Å². The average molecular weight is 195 g/mol. The van der Waals surface area contributed by atoms with E-state index in [1.165, 1.54) is 0 Å². The van der Waals surface area contributed by atoms with Gasteiger partial charge in [-0.15, -0.1) is 0 Å². The van der Waals surface area contributed by atoms with Crippen LogP contribution in [0.5, 0.6) is 0 Å². The number of hydrogen-bond acceptors (Lipinski definition) is 5. The molecule has 0 aliphatic rings. The number of nitrogens with two attached hydrogens (primary N) is 2. The van der Waals surface area contributed by atoms with Crippen LogP contribution in [0.15, 0.2) is 0 Å². The van der Waals surface area contributed by atoms with Crippen molar-refractivity contribution in [2.75, 3.05) is 6.54 Å². The molecule has 0 fully saturated rings. The Labute approximate surface area is 76.3 Å². The summed E-state index contributed by atoms with van der Waals surface area (Å²) in [4.78, 5) is 18.4. The van der Waals surface area contributed by atoms with Gasteiger partial charge in [0.25, 0.3) is 6.47 Å². The summed E-state index contributed by atoms with van der Waals surface area (Å²) >= 11 is 0. The predicted molar refractivity (Wildman–Crippen MR) is 47.6 cm³/mol. The Hall–Kier alpha value is -1.18. The summed E-state index contributed by atoms with van der Waals surface area (Å²) in [6.45, 7) is 0.251. The van der Waals surface area contributed by atoms with Crippen molar-refractivity contribution >= 4 is 12.4 Å². The average Bonchev–Trinajstić information content (AvgIpc) is 2.01. The van der Waals surface area contributed by atoms with E-state index in [2.05, 4.69) is 0 Å². The SMILES string of the molecule is N.NCCCC(N)C(=O)O.O=CO. The van der Waals surface area contributed by atoms with Gasteiger partial charge in [0, 0.05) is 0 Å². The topological polar surface area (TPSA) is 162 Å². The quantitative estimate of drug-likeness (QED) is 0.359. The Morgan fingerprint density at radius 2 is 1.92 bits per heavy atom. The van der Waals surface area contributed by atoms with Crippen LogP contribution in [0.2, 0.25) is 0 Å². The number of aliphatic carboxylic acids is 1. The Balaban J connectivity index is -0.000000220. The number of hydrogen-bond donors (Lipinski definition) is 5. The van der Waals surface area contributed by atoms with E-state index in [4.69, 9.17) is 26.5 Å². The highest BCUT2D eigenvalue weighted by Gasteiger charge is 2.08. The van der Waals surface area contributed by atoms with Crippen molar-refractivity contribution in [1.82, 2.24) is 6.15 Å². The molecule has 0 saturated heterocycles. The van der Waals surface area contributed by atoms with Crippen LogP contribution in [0.4, 0.5) is 0 Å². The summed E-state index contributed by atoms with van der Waals surface area (Å²) in [7, 11) is 0. The smallest absolute Gasteiger partial charge is 0.320 e. The van der Waals surface area contributed by atoms with Gasteiger partial charge in [0.1, 0.15) is 6.04 Å². The largest absolute Gasteiger partial charge is 0.483 e. The molecule has 0 saturated carbocycles. The van der Waals surface area contributed by atoms with Gasteiger partial charge in [0.15, 0.2) is 0 Å². The molecular formula is C6H17N3O4. The first-order chi connectivity index (χ1) is 5.59. The molecule has 0 bridgehead atoms. The van der Waals surface area contributed by atoms with Gasteiger partial charge in [-0.3, -0.25) is 9.59 Å². The molecule has 1 atom stereocenters. The van der Waals surface area contributed by atoms with Gasteiger partial charge < -0.3 is 27.8 Å². The molecule has 0 heterocycles. The highest BCUT2D eigenvalue weighted by atomic mass is 16.4. The molecule has 0 aromatic rings. The molecule has 0 aromatic carbocycles. The summed E-state index contributed by atoms with van der Waals surface area (Å²) in [6, 6.07) is -0.742. The molecule has 0 amide bonds. The fourth-order valence-corrected chi connectivity index (χ4v) is 0.461. The lowest BCUT2D eigenvalue weighted by molar-refractivity contribution is -0.138. The lowest BCUT2D eigenvalue weighted by Crippen LogP contribution is -2.30. The molecule has 0 rings (SSSR count). The van der Waals surface area contributed by atoms with E-state index in [0.717, 1.165) is 0 Å². The van der Waals surface area contributed by atoms with E-state index in [0.29, 0.717) is 19.4 Å². The van der Waals surface area contributed by atoms with Crippen LogP contribution in [0.1, 0.15) is 12.8 Å². The molecule has 0 aromatic heterocycles. The number of carboxylic acids is 1. The van der Waals surface area contributed by atoms with Gasteiger partial charge in [-0.2, -0.15) is 0 Å². The summed E-state index contributed by atoms with van der Waals surface area (Å²) < 4.78 is 0. The maximum absolute atomic E-state index is 10.0. The van der Waals surface area contributed by atoms with Crippen LogP contribution >= 0.6 is 0 Å². The highest BCUT2D eigenvalue weighted by Crippen LogP contribution is 1.91. The van der Waals surface area contributed by atoms with E-state index in [1.807, 2.05) is 0 Å². The molecule has 80 valence electrons. The minimum atomic E-state index is -0.955. The van der Waals surface area contributed by atoms with Crippen molar-refractivity contribution in [3.8, 4) is 0 Å². The van der Waals surface area contributed by atoms with Crippen molar-refractivity contribution in [3.63, 3.8) is 0 Å². The van der Waals surface area contributed by atoms with E-state index >= 15 is 0 Å². The van der Waals surface area contributed by atoms with E-state index in [-0.39, 0.29) is 12.6 Å². The van der Waals surface area contributed by atoms with Crippen LogP contribution in [0, 0.1) is 0 Å². The van der Waals surface area contributed by atoms with E-state index < -0.39 is 12.0 Å². The van der Waals surface area contributed by atoms with Gasteiger partial charge in [-0.1, -0.05) is 0 Å². The van der Waals surface area contributed by atoms with Crippen molar-refractivity contribution in [2.45, 2.75) is 18.9 Å². The first kappa shape index (κ1) is 17.8. The zero-order valence-electron chi connectivity index (χ0n) is 7.35. The summed E-state index contributed by atoms with van der Waals surface area (Å²) in [5.41, 5.74) is 10.3. The Bertz CT molecular complexity index is 131. The molecular weight excluding hydrogens is 178 g/mol. The van der Waals surface area contributed by atoms with Crippen LogP contribution in [0.3, 0.4) is 0 Å². The summed E-state index contributed by atoms with van der Waals surface area (Å²) in [6.07, 6.45) is 1.14. The number of carbonyl (C=O) groups is 2. The summed E-state index contributed by atoms with van der Waals surface area (Å²) in [5, 5.41) is 15.1. The molecule has 0 aliphatic carbocycles. The number of rotatable bonds is 4. The maximum atomic E-state index is 10.0. The van der Waals surface area contributed by atoms with Crippen molar-refractivity contribution in [2.24, 2.45) is 11.5 Å². The molecule has 9 N–H and O–H groups in total. The van der Waals surface area contributed by atoms with Crippen molar-refractivity contribution in [3.05, 3.63) is 0 Å². The first-order valence-corrected chi connectivity index (χ1v) is 3.36. The standard InChI is InChI=1S/C5H12N2O2.CH2O2.H3N/c6-3-1-2-4(7)5(8)9;2-1-3;/h4H,1-3,6-7H2,(H,8,9);1H,(H,2,3);1H3. The molecule has 0 aliphatic heterocycles. The fourth-order valence-electron chi connectivity index (χ4n) is 0.461. The monoisotopic (exact) mass is 195 g/mol. The Morgan fingerprint density at radius 3 is 2.15 bits per heavy atom. The third-order valence-electron chi connectivity index (χ3n) is 1.04. The zero-order chi connectivity index (χ0) is 9.98. The van der Waals surface area contributed by atoms with E-state index in [9.17, 15) is 4.79 Å². The summed E-state index contributed by atoms with van der Waals surface area (Å²) in [5.74, 6) is -0.955. The first-order valence-electron chi connectivity index (χ1n) is 3.36. The van der Waals surface area contributed by atoms with Gasteiger partial charge in [0.2, 0.25) is 0 Å². The molecule has 1 unspecified atom stereocenters. The second-order valence-corrected chi connectivity index (χ2v) is 1.98. The van der Waals surface area contributed by atoms with Gasteiger partial charge in [-0.25, -0.2) is 0 Å². The third kappa shape index (κ3) is 18.1. The van der Waals surface area contributed by atoms with Crippen LogP contribution in [-0.4, -0.2) is 35.2 Å². The van der Waals surface area contributed by atoms with Crippen LogP contribution in [0.25, 0.3) is 0 Å². The van der Waals surface area contributed by atoms with Crippen molar-refractivity contribution < 1.29 is 19.8 Å². The second-order valence-electron chi connectivity index (χ2n) is 1.98. The Morgan fingerprint density at radius 1 is 1.54 bits per heavy atom. The molecule has 0 radical (unpaired) electrons. The minimum absolute atomic E-state index is 0. The van der Waals surface area contributed by atoms with Crippen molar-refractivity contribution in [1.29, 1.82) is 0 Å². The van der Waals surface area contributed by atoms with Crippen LogP contribution < -0.4 is 17.6 Å². The van der Waals surface area contributed by atoms with E-state index in [1.54, 1.807) is 0 Å². The second kappa shape index (κ2) is 13.4. The third-order valence-corrected chi connectivity index (χ3v) is 1.04. The molecule has 13 heavy (non-hydrogen) atoms.